The number of carbonyl (C=O) groups excluding carboxylic acids is 2. The lowest BCUT2D eigenvalue weighted by molar-refractivity contribution is -0.167. The quantitative estimate of drug-likeness (QED) is 0.547. The van der Waals surface area contributed by atoms with Gasteiger partial charge in [0.15, 0.2) is 6.61 Å². The third-order valence-electron chi connectivity index (χ3n) is 6.50. The van der Waals surface area contributed by atoms with Gasteiger partial charge >= 0.3 is 11.9 Å². The van der Waals surface area contributed by atoms with E-state index in [4.69, 9.17) is 14.2 Å². The van der Waals surface area contributed by atoms with Crippen molar-refractivity contribution in [2.45, 2.75) is 59.0 Å². The van der Waals surface area contributed by atoms with Crippen LogP contribution in [-0.2, 0) is 19.1 Å². The molecule has 0 radical (unpaired) electrons. The summed E-state index contributed by atoms with van der Waals surface area (Å²) in [5, 5.41) is 2.05. The Morgan fingerprint density at radius 3 is 2.45 bits per heavy atom. The molecule has 5 heteroatoms. The van der Waals surface area contributed by atoms with Gasteiger partial charge in [0.2, 0.25) is 0 Å². The molecule has 4 atom stereocenters. The van der Waals surface area contributed by atoms with Gasteiger partial charge in [-0.25, -0.2) is 4.79 Å². The number of fused-ring (bicyclic) bond motifs is 1. The fourth-order valence-corrected chi connectivity index (χ4v) is 4.48. The lowest BCUT2D eigenvalue weighted by Crippen LogP contribution is -2.37. The monoisotopic (exact) mass is 426 g/mol. The molecule has 3 rings (SSSR count). The minimum atomic E-state index is -0.475. The van der Waals surface area contributed by atoms with Crippen molar-refractivity contribution in [3.63, 3.8) is 0 Å². The van der Waals surface area contributed by atoms with Gasteiger partial charge < -0.3 is 14.2 Å². The molecule has 0 saturated heterocycles. The molecule has 1 aliphatic rings. The highest BCUT2D eigenvalue weighted by Gasteiger charge is 2.33. The number of benzene rings is 2. The largest absolute Gasteiger partial charge is 0.497 e. The van der Waals surface area contributed by atoms with E-state index >= 15 is 0 Å². The third-order valence-corrected chi connectivity index (χ3v) is 6.50. The number of rotatable bonds is 7. The molecular weight excluding hydrogens is 392 g/mol. The van der Waals surface area contributed by atoms with Crippen LogP contribution in [0, 0.1) is 17.8 Å². The first-order valence-electron chi connectivity index (χ1n) is 11.2. The van der Waals surface area contributed by atoms with Crippen LogP contribution in [0.5, 0.6) is 5.75 Å². The Labute approximate surface area is 185 Å². The van der Waals surface area contributed by atoms with E-state index in [0.717, 1.165) is 34.9 Å². The van der Waals surface area contributed by atoms with Gasteiger partial charge in [-0.1, -0.05) is 51.5 Å². The van der Waals surface area contributed by atoms with Crippen molar-refractivity contribution >= 4 is 22.7 Å². The smallest absolute Gasteiger partial charge is 0.344 e. The summed E-state index contributed by atoms with van der Waals surface area (Å²) in [5.74, 6) is 0.795. The maximum atomic E-state index is 12.6. The molecule has 1 aliphatic carbocycles. The van der Waals surface area contributed by atoms with Gasteiger partial charge in [-0.05, 0) is 66.0 Å². The van der Waals surface area contributed by atoms with Crippen LogP contribution in [0.25, 0.3) is 10.8 Å². The van der Waals surface area contributed by atoms with Crippen LogP contribution in [0.1, 0.15) is 58.4 Å². The molecule has 2 aromatic carbocycles. The second-order valence-corrected chi connectivity index (χ2v) is 9.16. The van der Waals surface area contributed by atoms with Gasteiger partial charge in [-0.2, -0.15) is 0 Å². The third kappa shape index (κ3) is 5.78. The number of methoxy groups -OCH3 is 1. The average Bonchev–Trinajstić information content (AvgIpc) is 2.76. The topological polar surface area (TPSA) is 61.8 Å². The van der Waals surface area contributed by atoms with Gasteiger partial charge in [0.05, 0.1) is 13.0 Å². The zero-order valence-corrected chi connectivity index (χ0v) is 19.2. The summed E-state index contributed by atoms with van der Waals surface area (Å²) in [6.45, 7) is 7.98. The average molecular weight is 427 g/mol. The van der Waals surface area contributed by atoms with E-state index < -0.39 is 17.9 Å². The summed E-state index contributed by atoms with van der Waals surface area (Å²) in [6.07, 6.45) is 3.02. The molecule has 0 spiro atoms. The second-order valence-electron chi connectivity index (χ2n) is 9.16. The Hall–Kier alpha value is -2.56. The summed E-state index contributed by atoms with van der Waals surface area (Å²) in [5.41, 5.74) is 0.844. The normalized spacial score (nSPS) is 22.2. The van der Waals surface area contributed by atoms with Crippen molar-refractivity contribution in [3.8, 4) is 5.75 Å². The fourth-order valence-electron chi connectivity index (χ4n) is 4.48. The first-order chi connectivity index (χ1) is 14.8. The Morgan fingerprint density at radius 2 is 1.74 bits per heavy atom. The predicted molar refractivity (Wildman–Crippen MR) is 121 cm³/mol. The Balaban J connectivity index is 1.57. The first-order valence-corrected chi connectivity index (χ1v) is 11.2. The molecule has 0 aliphatic heterocycles. The molecule has 0 heterocycles. The van der Waals surface area contributed by atoms with E-state index in [1.807, 2.05) is 36.4 Å². The fraction of sp³-hybridized carbons (Fsp3) is 0.538. The highest BCUT2D eigenvalue weighted by atomic mass is 16.6. The maximum Gasteiger partial charge on any atom is 0.344 e. The molecule has 0 aromatic heterocycles. The van der Waals surface area contributed by atoms with Crippen LogP contribution in [0.15, 0.2) is 36.4 Å². The SMILES string of the molecule is COc1ccc2cc([C@H](C)C(=O)OCC(=O)O[C@@H]3C[C@H](C)CC[C@H]3C(C)C)ccc2c1. The van der Waals surface area contributed by atoms with E-state index in [9.17, 15) is 9.59 Å². The number of ether oxygens (including phenoxy) is 3. The van der Waals surface area contributed by atoms with Crippen molar-refractivity contribution in [1.82, 2.24) is 0 Å². The van der Waals surface area contributed by atoms with Gasteiger partial charge in [-0.15, -0.1) is 0 Å². The molecule has 0 unspecified atom stereocenters. The van der Waals surface area contributed by atoms with E-state index in [1.165, 1.54) is 6.42 Å². The van der Waals surface area contributed by atoms with Crippen LogP contribution in [0.4, 0.5) is 0 Å². The van der Waals surface area contributed by atoms with Gasteiger partial charge in [0.1, 0.15) is 11.9 Å². The van der Waals surface area contributed by atoms with Crippen LogP contribution in [0.3, 0.4) is 0 Å². The second kappa shape index (κ2) is 10.2. The molecule has 168 valence electrons. The summed E-state index contributed by atoms with van der Waals surface area (Å²) >= 11 is 0. The summed E-state index contributed by atoms with van der Waals surface area (Å²) < 4.78 is 16.3. The first kappa shape index (κ1) is 23.1. The van der Waals surface area contributed by atoms with Crippen molar-refractivity contribution in [1.29, 1.82) is 0 Å². The highest BCUT2D eigenvalue weighted by Crippen LogP contribution is 2.35. The van der Waals surface area contributed by atoms with Gasteiger partial charge in [0.25, 0.3) is 0 Å². The minimum absolute atomic E-state index is 0.0927. The van der Waals surface area contributed by atoms with Crippen LogP contribution in [-0.4, -0.2) is 31.8 Å². The van der Waals surface area contributed by atoms with Crippen molar-refractivity contribution in [2.75, 3.05) is 13.7 Å². The number of hydrogen-bond acceptors (Lipinski definition) is 5. The van der Waals surface area contributed by atoms with E-state index in [2.05, 4.69) is 20.8 Å². The van der Waals surface area contributed by atoms with E-state index in [0.29, 0.717) is 17.8 Å². The van der Waals surface area contributed by atoms with Crippen molar-refractivity contribution in [2.24, 2.45) is 17.8 Å². The molecule has 1 saturated carbocycles. The minimum Gasteiger partial charge on any atom is -0.497 e. The molecule has 0 amide bonds. The zero-order valence-electron chi connectivity index (χ0n) is 19.2. The van der Waals surface area contributed by atoms with Crippen LogP contribution in [0.2, 0.25) is 0 Å². The molecule has 2 aromatic rings. The van der Waals surface area contributed by atoms with Gasteiger partial charge in [-0.3, -0.25) is 4.79 Å². The highest BCUT2D eigenvalue weighted by molar-refractivity contribution is 5.87. The Morgan fingerprint density at radius 1 is 1.03 bits per heavy atom. The summed E-state index contributed by atoms with van der Waals surface area (Å²) in [7, 11) is 1.64. The number of esters is 2. The summed E-state index contributed by atoms with van der Waals surface area (Å²) in [6, 6.07) is 11.6. The molecule has 1 fully saturated rings. The molecule has 0 N–H and O–H groups in total. The predicted octanol–water partition coefficient (Wildman–Crippen LogP) is 5.50. The number of hydrogen-bond donors (Lipinski definition) is 0. The Kier molecular flexibility index (Phi) is 7.58. The Bertz CT molecular complexity index is 919. The van der Waals surface area contributed by atoms with E-state index in [1.54, 1.807) is 14.0 Å². The molecule has 31 heavy (non-hydrogen) atoms. The van der Waals surface area contributed by atoms with Gasteiger partial charge in [0, 0.05) is 0 Å². The lowest BCUT2D eigenvalue weighted by Gasteiger charge is -2.36. The zero-order chi connectivity index (χ0) is 22.5. The standard InChI is InChI=1S/C26H34O5/c1-16(2)23-11-6-17(3)12-24(23)31-25(27)15-30-26(28)18(4)19-7-8-21-14-22(29-5)10-9-20(21)13-19/h7-10,13-14,16-18,23-24H,6,11-12,15H2,1-5H3/t17-,18+,23+,24-/m1/s1. The summed E-state index contributed by atoms with van der Waals surface area (Å²) in [4.78, 5) is 24.9. The van der Waals surface area contributed by atoms with Crippen molar-refractivity contribution < 1.29 is 23.8 Å². The van der Waals surface area contributed by atoms with Crippen molar-refractivity contribution in [3.05, 3.63) is 42.0 Å². The molecule has 0 bridgehead atoms. The van der Waals surface area contributed by atoms with Crippen LogP contribution >= 0.6 is 0 Å². The number of carbonyl (C=O) groups is 2. The lowest BCUT2D eigenvalue weighted by atomic mass is 9.75. The molecule has 5 nitrogen and oxygen atoms in total. The maximum absolute atomic E-state index is 12.6. The van der Waals surface area contributed by atoms with Crippen LogP contribution < -0.4 is 4.74 Å². The van der Waals surface area contributed by atoms with E-state index in [-0.39, 0.29) is 12.7 Å². The molecular formula is C26H34O5.